The summed E-state index contributed by atoms with van der Waals surface area (Å²) in [5.74, 6) is -0.424. The Morgan fingerprint density at radius 3 is 2.30 bits per heavy atom. The van der Waals surface area contributed by atoms with Crippen LogP contribution < -0.4 is 10.2 Å². The lowest BCUT2D eigenvalue weighted by molar-refractivity contribution is -0.134. The number of halogens is 1. The molecule has 1 heterocycles. The minimum absolute atomic E-state index is 0.0431. The molecule has 1 aliphatic heterocycles. The largest absolute Gasteiger partial charge is 0.494 e. The van der Waals surface area contributed by atoms with E-state index in [1.165, 1.54) is 29.7 Å². The molecule has 3 rings (SSSR count). The van der Waals surface area contributed by atoms with Gasteiger partial charge in [0.25, 0.3) is 5.91 Å². The van der Waals surface area contributed by atoms with Crippen molar-refractivity contribution in [2.45, 2.75) is 41.7 Å². The van der Waals surface area contributed by atoms with Crippen LogP contribution in [0.25, 0.3) is 0 Å². The van der Waals surface area contributed by atoms with E-state index in [1.807, 2.05) is 12.1 Å². The number of hydroxylamine groups is 1. The van der Waals surface area contributed by atoms with E-state index in [0.717, 1.165) is 5.56 Å². The van der Waals surface area contributed by atoms with Crippen LogP contribution in [0.5, 0.6) is 5.75 Å². The van der Waals surface area contributed by atoms with E-state index in [1.54, 1.807) is 12.1 Å². The van der Waals surface area contributed by atoms with E-state index in [4.69, 9.17) is 26.3 Å². The summed E-state index contributed by atoms with van der Waals surface area (Å²) >= 11 is 5.84. The molecule has 178 valence electrons. The molecule has 1 fully saturated rings. The van der Waals surface area contributed by atoms with E-state index in [0.29, 0.717) is 36.6 Å². The summed E-state index contributed by atoms with van der Waals surface area (Å²) < 4.78 is 35.5. The second kappa shape index (κ2) is 11.1. The number of sulfone groups is 1. The first-order valence-electron chi connectivity index (χ1n) is 10.5. The number of carbonyl (C=O) groups is 2. The summed E-state index contributed by atoms with van der Waals surface area (Å²) in [7, 11) is -4.08. The van der Waals surface area contributed by atoms with Gasteiger partial charge in [0.05, 0.1) is 11.5 Å². The number of nitrogens with one attached hydrogen (secondary N) is 1. The number of carbonyl (C=O) groups excluding carboxylic acids is 2. The van der Waals surface area contributed by atoms with Gasteiger partial charge in [0.2, 0.25) is 0 Å². The molecule has 8 nitrogen and oxygen atoms in total. The summed E-state index contributed by atoms with van der Waals surface area (Å²) in [6.45, 7) is 0.502. The molecule has 33 heavy (non-hydrogen) atoms. The number of hydrogen-bond donors (Lipinski definition) is 2. The average Bonchev–Trinajstić information content (AvgIpc) is 2.83. The molecule has 2 aromatic rings. The van der Waals surface area contributed by atoms with Gasteiger partial charge in [0.1, 0.15) is 11.5 Å². The third kappa shape index (κ3) is 5.92. The Balaban J connectivity index is 1.54. The van der Waals surface area contributed by atoms with Gasteiger partial charge < -0.3 is 9.47 Å². The lowest BCUT2D eigenvalue weighted by atomic mass is 9.98. The zero-order valence-electron chi connectivity index (χ0n) is 18.0. The first-order chi connectivity index (χ1) is 15.8. The second-order valence-electron chi connectivity index (χ2n) is 7.82. The van der Waals surface area contributed by atoms with E-state index < -0.39 is 20.5 Å². The van der Waals surface area contributed by atoms with Gasteiger partial charge in [0, 0.05) is 31.1 Å². The second-order valence-corrected chi connectivity index (χ2v) is 10.5. The number of ether oxygens (including phenoxy) is 2. The van der Waals surface area contributed by atoms with Gasteiger partial charge in [-0.3, -0.25) is 14.8 Å². The van der Waals surface area contributed by atoms with Crippen molar-refractivity contribution >= 4 is 33.1 Å². The fourth-order valence-electron chi connectivity index (χ4n) is 3.74. The van der Waals surface area contributed by atoms with Crippen LogP contribution in [0.3, 0.4) is 0 Å². The molecule has 0 saturated carbocycles. The topological polar surface area (TPSA) is 119 Å². The Hall–Kier alpha value is -2.46. The highest BCUT2D eigenvalue weighted by Crippen LogP contribution is 2.35. The maximum Gasteiger partial charge on any atom is 0.265 e. The van der Waals surface area contributed by atoms with Crippen LogP contribution in [-0.2, 0) is 30.6 Å². The lowest BCUT2D eigenvalue weighted by Gasteiger charge is -2.34. The number of amides is 1. The molecule has 10 heteroatoms. The predicted molar refractivity (Wildman–Crippen MR) is 121 cm³/mol. The molecule has 0 unspecified atom stereocenters. The zero-order chi connectivity index (χ0) is 23.9. The fraction of sp³-hybridized carbons (Fsp3) is 0.391. The van der Waals surface area contributed by atoms with Crippen molar-refractivity contribution in [3.8, 4) is 5.75 Å². The number of benzene rings is 2. The standard InChI is InChI=1S/C23H26ClNO7S/c24-18-5-3-17(4-6-18)16-19(26)2-1-13-32-20-7-9-21(10-8-20)33(29,30)23(22(27)25-28)11-14-31-15-12-23/h3-10,28H,1-2,11-16H2,(H,25,27). The van der Waals surface area contributed by atoms with Crippen molar-refractivity contribution in [2.75, 3.05) is 19.8 Å². The number of ketones is 1. The third-order valence-corrected chi connectivity index (χ3v) is 8.41. The molecule has 0 aliphatic carbocycles. The highest BCUT2D eigenvalue weighted by Gasteiger charge is 2.52. The van der Waals surface area contributed by atoms with Crippen LogP contribution in [0.15, 0.2) is 53.4 Å². The minimum atomic E-state index is -4.08. The van der Waals surface area contributed by atoms with E-state index >= 15 is 0 Å². The van der Waals surface area contributed by atoms with Gasteiger partial charge >= 0.3 is 0 Å². The fourth-order valence-corrected chi connectivity index (χ4v) is 5.80. The molecular weight excluding hydrogens is 470 g/mol. The maximum atomic E-state index is 13.2. The summed E-state index contributed by atoms with van der Waals surface area (Å²) in [6, 6.07) is 12.9. The Morgan fingerprint density at radius 2 is 1.70 bits per heavy atom. The van der Waals surface area contributed by atoms with E-state index in [2.05, 4.69) is 0 Å². The van der Waals surface area contributed by atoms with Gasteiger partial charge in [-0.1, -0.05) is 23.7 Å². The normalized spacial score (nSPS) is 15.6. The Labute approximate surface area is 197 Å². The summed E-state index contributed by atoms with van der Waals surface area (Å²) in [4.78, 5) is 24.3. The smallest absolute Gasteiger partial charge is 0.265 e. The van der Waals surface area contributed by atoms with Crippen molar-refractivity contribution in [3.63, 3.8) is 0 Å². The van der Waals surface area contributed by atoms with Gasteiger partial charge in [-0.05, 0) is 61.2 Å². The zero-order valence-corrected chi connectivity index (χ0v) is 19.5. The third-order valence-electron chi connectivity index (χ3n) is 5.65. The molecule has 2 aromatic carbocycles. The van der Waals surface area contributed by atoms with Crippen LogP contribution >= 0.6 is 11.6 Å². The monoisotopic (exact) mass is 495 g/mol. The van der Waals surface area contributed by atoms with Crippen LogP contribution in [-0.4, -0.2) is 49.9 Å². The highest BCUT2D eigenvalue weighted by atomic mass is 35.5. The quantitative estimate of drug-likeness (QED) is 0.295. The predicted octanol–water partition coefficient (Wildman–Crippen LogP) is 3.14. The van der Waals surface area contributed by atoms with Crippen LogP contribution in [0.1, 0.15) is 31.2 Å². The number of Topliss-reactive ketones (excluding diaryl/α,β-unsaturated/α-hetero) is 1. The molecule has 0 radical (unpaired) electrons. The van der Waals surface area contributed by atoms with E-state index in [-0.39, 0.29) is 36.7 Å². The molecule has 1 saturated heterocycles. The average molecular weight is 496 g/mol. The van der Waals surface area contributed by atoms with Crippen molar-refractivity contribution in [3.05, 3.63) is 59.1 Å². The number of rotatable bonds is 10. The maximum absolute atomic E-state index is 13.2. The van der Waals surface area contributed by atoms with E-state index in [9.17, 15) is 18.0 Å². The molecule has 0 atom stereocenters. The molecule has 2 N–H and O–H groups in total. The van der Waals surface area contributed by atoms with Gasteiger partial charge in [-0.25, -0.2) is 13.9 Å². The number of hydrogen-bond acceptors (Lipinski definition) is 7. The Morgan fingerprint density at radius 1 is 1.06 bits per heavy atom. The molecule has 1 amide bonds. The van der Waals surface area contributed by atoms with Crippen molar-refractivity contribution in [2.24, 2.45) is 0 Å². The lowest BCUT2D eigenvalue weighted by Crippen LogP contribution is -2.54. The molecular formula is C23H26ClNO7S. The Kier molecular flexibility index (Phi) is 8.47. The van der Waals surface area contributed by atoms with Gasteiger partial charge in [-0.15, -0.1) is 0 Å². The molecule has 0 bridgehead atoms. The van der Waals surface area contributed by atoms with Crippen LogP contribution in [0.2, 0.25) is 5.02 Å². The summed E-state index contributed by atoms with van der Waals surface area (Å²) in [5.41, 5.74) is 2.39. The molecule has 0 aromatic heterocycles. The highest BCUT2D eigenvalue weighted by molar-refractivity contribution is 7.93. The first kappa shape index (κ1) is 25.2. The van der Waals surface area contributed by atoms with Gasteiger partial charge in [0.15, 0.2) is 14.6 Å². The van der Waals surface area contributed by atoms with Crippen LogP contribution in [0.4, 0.5) is 0 Å². The van der Waals surface area contributed by atoms with Gasteiger partial charge in [-0.2, -0.15) is 0 Å². The summed E-state index contributed by atoms with van der Waals surface area (Å²) in [6.07, 6.45) is 1.11. The van der Waals surface area contributed by atoms with Crippen LogP contribution in [0, 0.1) is 0 Å². The molecule has 1 aliphatic rings. The Bertz CT molecular complexity index is 1060. The minimum Gasteiger partial charge on any atom is -0.494 e. The SMILES string of the molecule is O=C(CCCOc1ccc(S(=O)(=O)C2(C(=O)NO)CCOCC2)cc1)Cc1ccc(Cl)cc1. The van der Waals surface area contributed by atoms with Crippen molar-refractivity contribution < 1.29 is 32.7 Å². The molecule has 0 spiro atoms. The van der Waals surface area contributed by atoms with Crippen molar-refractivity contribution in [1.82, 2.24) is 5.48 Å². The van der Waals surface area contributed by atoms with Crippen molar-refractivity contribution in [1.29, 1.82) is 0 Å². The first-order valence-corrected chi connectivity index (χ1v) is 12.4. The summed E-state index contributed by atoms with van der Waals surface area (Å²) in [5, 5.41) is 9.73.